The van der Waals surface area contributed by atoms with E-state index in [1.165, 1.54) is 11.0 Å². The summed E-state index contributed by atoms with van der Waals surface area (Å²) in [5, 5.41) is -0.0749. The van der Waals surface area contributed by atoms with Gasteiger partial charge < -0.3 is 9.80 Å². The fourth-order valence-electron chi connectivity index (χ4n) is 3.13. The minimum Gasteiger partial charge on any atom is -0.315 e. The molecule has 0 bridgehead atoms. The van der Waals surface area contributed by atoms with E-state index in [1.54, 1.807) is 31.3 Å². The molecule has 0 aromatic heterocycles. The molecular formula is C19H16ClF3N2O2. The van der Waals surface area contributed by atoms with Crippen LogP contribution in [-0.4, -0.2) is 25.4 Å². The smallest absolute Gasteiger partial charge is 0.315 e. The summed E-state index contributed by atoms with van der Waals surface area (Å²) in [5.74, 6) is -1.57. The van der Waals surface area contributed by atoms with Crippen LogP contribution in [0.3, 0.4) is 0 Å². The van der Waals surface area contributed by atoms with Gasteiger partial charge in [-0.3, -0.25) is 9.59 Å². The van der Waals surface area contributed by atoms with Crippen LogP contribution in [0.2, 0.25) is 5.02 Å². The number of rotatable bonds is 3. The summed E-state index contributed by atoms with van der Waals surface area (Å²) in [6, 6.07) is 12.1. The van der Waals surface area contributed by atoms with Crippen molar-refractivity contribution in [1.82, 2.24) is 0 Å². The van der Waals surface area contributed by atoms with Crippen molar-refractivity contribution < 1.29 is 22.8 Å². The summed E-state index contributed by atoms with van der Waals surface area (Å²) in [6.45, 7) is -0.112. The first kappa shape index (κ1) is 19.2. The van der Waals surface area contributed by atoms with E-state index in [4.69, 9.17) is 11.6 Å². The lowest BCUT2D eigenvalue weighted by Gasteiger charge is -2.23. The monoisotopic (exact) mass is 396 g/mol. The number of alkyl halides is 3. The lowest BCUT2D eigenvalue weighted by atomic mass is 10.1. The van der Waals surface area contributed by atoms with E-state index in [9.17, 15) is 22.8 Å². The minimum atomic E-state index is -4.66. The zero-order chi connectivity index (χ0) is 19.8. The van der Waals surface area contributed by atoms with Crippen molar-refractivity contribution in [2.75, 3.05) is 23.4 Å². The third-order valence-electron chi connectivity index (χ3n) is 4.50. The number of para-hydroxylation sites is 1. The Morgan fingerprint density at radius 3 is 2.48 bits per heavy atom. The van der Waals surface area contributed by atoms with E-state index in [1.807, 2.05) is 6.07 Å². The highest BCUT2D eigenvalue weighted by Crippen LogP contribution is 2.40. The highest BCUT2D eigenvalue weighted by Gasteiger charge is 2.41. The maximum atomic E-state index is 13.3. The fourth-order valence-corrected chi connectivity index (χ4v) is 3.30. The Hall–Kier alpha value is -2.54. The Bertz CT molecular complexity index is 871. The first-order chi connectivity index (χ1) is 12.7. The van der Waals surface area contributed by atoms with E-state index in [0.29, 0.717) is 5.69 Å². The molecule has 1 heterocycles. The quantitative estimate of drug-likeness (QED) is 0.772. The number of nitrogens with zero attached hydrogens (tertiary/aromatic N) is 2. The van der Waals surface area contributed by atoms with Crippen molar-refractivity contribution in [2.24, 2.45) is 5.92 Å². The van der Waals surface area contributed by atoms with Crippen LogP contribution in [0.15, 0.2) is 48.5 Å². The first-order valence-corrected chi connectivity index (χ1v) is 8.56. The highest BCUT2D eigenvalue weighted by atomic mass is 35.5. The van der Waals surface area contributed by atoms with Gasteiger partial charge in [0.25, 0.3) is 0 Å². The number of halogens is 4. The van der Waals surface area contributed by atoms with E-state index in [2.05, 4.69) is 0 Å². The molecule has 2 aromatic rings. The molecule has 142 valence electrons. The molecule has 27 heavy (non-hydrogen) atoms. The van der Waals surface area contributed by atoms with Crippen LogP contribution in [0.4, 0.5) is 24.5 Å². The van der Waals surface area contributed by atoms with Gasteiger partial charge in [-0.2, -0.15) is 13.2 Å². The average Bonchev–Trinajstić information content (AvgIpc) is 3.02. The molecule has 1 aliphatic heterocycles. The Labute approximate surface area is 159 Å². The molecule has 1 saturated heterocycles. The maximum Gasteiger partial charge on any atom is 0.418 e. The predicted molar refractivity (Wildman–Crippen MR) is 96.8 cm³/mol. The summed E-state index contributed by atoms with van der Waals surface area (Å²) in [6.07, 6.45) is -4.81. The number of amides is 2. The number of anilines is 2. The van der Waals surface area contributed by atoms with Crippen LogP contribution in [0.25, 0.3) is 0 Å². The van der Waals surface area contributed by atoms with Gasteiger partial charge >= 0.3 is 6.18 Å². The van der Waals surface area contributed by atoms with E-state index >= 15 is 0 Å². The highest BCUT2D eigenvalue weighted by molar-refractivity contribution is 6.30. The topological polar surface area (TPSA) is 40.6 Å². The Kier molecular flexibility index (Phi) is 5.15. The third kappa shape index (κ3) is 3.93. The number of carbonyl (C=O) groups excluding carboxylic acids is 2. The summed E-state index contributed by atoms with van der Waals surface area (Å²) in [5.41, 5.74) is -0.627. The predicted octanol–water partition coefficient (Wildman–Crippen LogP) is 4.37. The van der Waals surface area contributed by atoms with Gasteiger partial charge in [-0.25, -0.2) is 0 Å². The van der Waals surface area contributed by atoms with Gasteiger partial charge in [-0.1, -0.05) is 29.8 Å². The standard InChI is InChI=1S/C19H16ClF3N2O2/c1-24(14-5-3-2-4-6-14)18(27)12-9-17(26)25(11-12)16-8-7-13(20)10-15(16)19(21,22)23/h2-8,10,12H,9,11H2,1H3. The van der Waals surface area contributed by atoms with Gasteiger partial charge in [0.05, 0.1) is 17.2 Å². The summed E-state index contributed by atoms with van der Waals surface area (Å²) in [7, 11) is 1.58. The van der Waals surface area contributed by atoms with Crippen molar-refractivity contribution >= 4 is 34.8 Å². The second kappa shape index (κ2) is 7.23. The Balaban J connectivity index is 1.85. The summed E-state index contributed by atoms with van der Waals surface area (Å²) >= 11 is 5.69. The molecule has 2 amide bonds. The van der Waals surface area contributed by atoms with Gasteiger partial charge in [-0.15, -0.1) is 0 Å². The van der Waals surface area contributed by atoms with E-state index in [0.717, 1.165) is 17.0 Å². The van der Waals surface area contributed by atoms with Crippen molar-refractivity contribution in [2.45, 2.75) is 12.6 Å². The second-order valence-electron chi connectivity index (χ2n) is 6.30. The first-order valence-electron chi connectivity index (χ1n) is 8.18. The molecule has 1 fully saturated rings. The van der Waals surface area contributed by atoms with Gasteiger partial charge in [0.1, 0.15) is 0 Å². The lowest BCUT2D eigenvalue weighted by Crippen LogP contribution is -2.35. The van der Waals surface area contributed by atoms with E-state index < -0.39 is 23.6 Å². The largest absolute Gasteiger partial charge is 0.418 e. The molecule has 0 saturated carbocycles. The molecule has 4 nitrogen and oxygen atoms in total. The third-order valence-corrected chi connectivity index (χ3v) is 4.74. The molecule has 0 radical (unpaired) electrons. The molecule has 1 unspecified atom stereocenters. The molecule has 2 aromatic carbocycles. The Morgan fingerprint density at radius 2 is 1.85 bits per heavy atom. The normalized spacial score (nSPS) is 17.3. The van der Waals surface area contributed by atoms with E-state index in [-0.39, 0.29) is 29.6 Å². The van der Waals surface area contributed by atoms with Crippen LogP contribution in [0, 0.1) is 5.92 Å². The Morgan fingerprint density at radius 1 is 1.19 bits per heavy atom. The molecule has 1 aliphatic rings. The minimum absolute atomic E-state index is 0.0749. The van der Waals surface area contributed by atoms with Crippen LogP contribution in [-0.2, 0) is 15.8 Å². The number of benzene rings is 2. The number of hydrogen-bond donors (Lipinski definition) is 0. The van der Waals surface area contributed by atoms with Crippen LogP contribution >= 0.6 is 11.6 Å². The van der Waals surface area contributed by atoms with Crippen molar-refractivity contribution in [3.63, 3.8) is 0 Å². The molecule has 8 heteroatoms. The number of carbonyl (C=O) groups is 2. The van der Waals surface area contributed by atoms with Crippen LogP contribution in [0.5, 0.6) is 0 Å². The molecule has 1 atom stereocenters. The van der Waals surface area contributed by atoms with Gasteiger partial charge in [0.15, 0.2) is 0 Å². The summed E-state index contributed by atoms with van der Waals surface area (Å²) < 4.78 is 40.0. The second-order valence-corrected chi connectivity index (χ2v) is 6.73. The van der Waals surface area contributed by atoms with Crippen molar-refractivity contribution in [3.8, 4) is 0 Å². The molecule has 0 N–H and O–H groups in total. The molecule has 0 aliphatic carbocycles. The van der Waals surface area contributed by atoms with Crippen LogP contribution < -0.4 is 9.80 Å². The maximum absolute atomic E-state index is 13.3. The average molecular weight is 397 g/mol. The van der Waals surface area contributed by atoms with Crippen molar-refractivity contribution in [3.05, 3.63) is 59.1 Å². The van der Waals surface area contributed by atoms with Crippen LogP contribution in [0.1, 0.15) is 12.0 Å². The molecular weight excluding hydrogens is 381 g/mol. The zero-order valence-electron chi connectivity index (χ0n) is 14.3. The zero-order valence-corrected chi connectivity index (χ0v) is 15.1. The van der Waals surface area contributed by atoms with Crippen molar-refractivity contribution in [1.29, 1.82) is 0 Å². The SMILES string of the molecule is CN(C(=O)C1CC(=O)N(c2ccc(Cl)cc2C(F)(F)F)C1)c1ccccc1. The molecule has 3 rings (SSSR count). The fraction of sp³-hybridized carbons (Fsp3) is 0.263. The number of hydrogen-bond acceptors (Lipinski definition) is 2. The summed E-state index contributed by atoms with van der Waals surface area (Å²) in [4.78, 5) is 27.5. The molecule has 0 spiro atoms. The van der Waals surface area contributed by atoms with Gasteiger partial charge in [-0.05, 0) is 30.3 Å². The van der Waals surface area contributed by atoms with Gasteiger partial charge in [0.2, 0.25) is 11.8 Å². The van der Waals surface area contributed by atoms with Gasteiger partial charge in [0, 0.05) is 30.7 Å². The lowest BCUT2D eigenvalue weighted by molar-refractivity contribution is -0.137.